The van der Waals surface area contributed by atoms with Crippen molar-refractivity contribution in [1.82, 2.24) is 4.90 Å². The van der Waals surface area contributed by atoms with Crippen molar-refractivity contribution in [1.29, 1.82) is 0 Å². The molecule has 1 fully saturated rings. The lowest BCUT2D eigenvalue weighted by atomic mass is 9.92. The van der Waals surface area contributed by atoms with Gasteiger partial charge in [0.05, 0.1) is 0 Å². The Morgan fingerprint density at radius 2 is 2.00 bits per heavy atom. The van der Waals surface area contributed by atoms with Crippen molar-refractivity contribution in [3.63, 3.8) is 0 Å². The lowest BCUT2D eigenvalue weighted by Gasteiger charge is -2.35. The minimum atomic E-state index is -0.901. The number of carbonyl (C=O) groups excluding carboxylic acids is 1. The maximum atomic E-state index is 11.8. The predicted octanol–water partition coefficient (Wildman–Crippen LogP) is 1.66. The van der Waals surface area contributed by atoms with Crippen LogP contribution in [0.15, 0.2) is 11.6 Å². The van der Waals surface area contributed by atoms with Gasteiger partial charge >= 0.3 is 5.97 Å². The number of amides is 1. The SMILES string of the molecule is CC(C)=CC(=O)N1CCC(C)CC1C(=O)O. The molecule has 0 bridgehead atoms. The lowest BCUT2D eigenvalue weighted by Crippen LogP contribution is -2.49. The molecule has 0 aromatic rings. The van der Waals surface area contributed by atoms with Gasteiger partial charge in [-0.25, -0.2) is 4.79 Å². The molecule has 1 rings (SSSR count). The average molecular weight is 225 g/mol. The highest BCUT2D eigenvalue weighted by molar-refractivity contribution is 5.91. The Kier molecular flexibility index (Phi) is 4.10. The monoisotopic (exact) mass is 225 g/mol. The summed E-state index contributed by atoms with van der Waals surface area (Å²) >= 11 is 0. The Balaban J connectivity index is 2.81. The van der Waals surface area contributed by atoms with Crippen molar-refractivity contribution in [2.45, 2.75) is 39.7 Å². The van der Waals surface area contributed by atoms with Crippen LogP contribution in [0.4, 0.5) is 0 Å². The molecule has 2 unspecified atom stereocenters. The van der Waals surface area contributed by atoms with Gasteiger partial charge in [-0.15, -0.1) is 0 Å². The highest BCUT2D eigenvalue weighted by Crippen LogP contribution is 2.23. The number of rotatable bonds is 2. The zero-order valence-electron chi connectivity index (χ0n) is 10.1. The topological polar surface area (TPSA) is 57.6 Å². The molecule has 0 aromatic carbocycles. The van der Waals surface area contributed by atoms with Crippen LogP contribution >= 0.6 is 0 Å². The quantitative estimate of drug-likeness (QED) is 0.727. The van der Waals surface area contributed by atoms with Gasteiger partial charge in [-0.2, -0.15) is 0 Å². The summed E-state index contributed by atoms with van der Waals surface area (Å²) in [6.07, 6.45) is 2.94. The third-order valence-electron chi connectivity index (χ3n) is 2.84. The van der Waals surface area contributed by atoms with Gasteiger partial charge in [0.2, 0.25) is 5.91 Å². The summed E-state index contributed by atoms with van der Waals surface area (Å²) in [5.41, 5.74) is 0.896. The summed E-state index contributed by atoms with van der Waals surface area (Å²) in [6.45, 7) is 6.24. The maximum Gasteiger partial charge on any atom is 0.326 e. The number of allylic oxidation sites excluding steroid dienone is 1. The zero-order valence-corrected chi connectivity index (χ0v) is 10.1. The first-order valence-electron chi connectivity index (χ1n) is 5.60. The molecule has 1 saturated heterocycles. The molecule has 90 valence electrons. The van der Waals surface area contributed by atoms with E-state index in [1.807, 2.05) is 20.8 Å². The highest BCUT2D eigenvalue weighted by Gasteiger charge is 2.33. The summed E-state index contributed by atoms with van der Waals surface area (Å²) in [6, 6.07) is -0.660. The summed E-state index contributed by atoms with van der Waals surface area (Å²) < 4.78 is 0. The van der Waals surface area contributed by atoms with Crippen LogP contribution in [0, 0.1) is 5.92 Å². The maximum absolute atomic E-state index is 11.8. The largest absolute Gasteiger partial charge is 0.480 e. The van der Waals surface area contributed by atoms with Crippen molar-refractivity contribution < 1.29 is 14.7 Å². The molecule has 0 aromatic heterocycles. The van der Waals surface area contributed by atoms with Gasteiger partial charge in [0.25, 0.3) is 0 Å². The predicted molar refractivity (Wildman–Crippen MR) is 61.0 cm³/mol. The molecule has 1 aliphatic heterocycles. The van der Waals surface area contributed by atoms with Gasteiger partial charge in [0.1, 0.15) is 6.04 Å². The van der Waals surface area contributed by atoms with Crippen molar-refractivity contribution in [2.24, 2.45) is 5.92 Å². The van der Waals surface area contributed by atoms with E-state index in [2.05, 4.69) is 0 Å². The minimum Gasteiger partial charge on any atom is -0.480 e. The van der Waals surface area contributed by atoms with Crippen molar-refractivity contribution in [3.05, 3.63) is 11.6 Å². The van der Waals surface area contributed by atoms with E-state index in [-0.39, 0.29) is 5.91 Å². The van der Waals surface area contributed by atoms with Gasteiger partial charge in [0, 0.05) is 12.6 Å². The standard InChI is InChI=1S/C12H19NO3/c1-8(2)6-11(14)13-5-4-9(3)7-10(13)12(15)16/h6,9-10H,4-5,7H2,1-3H3,(H,15,16). The molecule has 4 nitrogen and oxygen atoms in total. The normalized spacial score (nSPS) is 25.1. The van der Waals surface area contributed by atoms with Gasteiger partial charge in [-0.05, 0) is 32.6 Å². The summed E-state index contributed by atoms with van der Waals surface area (Å²) in [5, 5.41) is 9.09. The van der Waals surface area contributed by atoms with Crippen LogP contribution in [-0.4, -0.2) is 34.5 Å². The number of carboxylic acid groups (broad SMARTS) is 1. The van der Waals surface area contributed by atoms with E-state index in [9.17, 15) is 9.59 Å². The van der Waals surface area contributed by atoms with E-state index in [4.69, 9.17) is 5.11 Å². The first kappa shape index (κ1) is 12.7. The fraction of sp³-hybridized carbons (Fsp3) is 0.667. The molecule has 0 aliphatic carbocycles. The Labute approximate surface area is 95.9 Å². The number of piperidine rings is 1. The number of carbonyl (C=O) groups is 2. The van der Waals surface area contributed by atoms with Crippen molar-refractivity contribution >= 4 is 11.9 Å². The van der Waals surface area contributed by atoms with Crippen LogP contribution in [0.25, 0.3) is 0 Å². The third-order valence-corrected chi connectivity index (χ3v) is 2.84. The summed E-state index contributed by atoms with van der Waals surface area (Å²) in [7, 11) is 0. The number of carboxylic acids is 1. The fourth-order valence-corrected chi connectivity index (χ4v) is 1.97. The summed E-state index contributed by atoms with van der Waals surface area (Å²) in [5.74, 6) is -0.710. The molecule has 0 spiro atoms. The van der Waals surface area contributed by atoms with E-state index in [1.165, 1.54) is 11.0 Å². The molecule has 1 amide bonds. The summed E-state index contributed by atoms with van der Waals surface area (Å²) in [4.78, 5) is 24.4. The van der Waals surface area contributed by atoms with Crippen LogP contribution in [0.2, 0.25) is 0 Å². The molecule has 2 atom stereocenters. The number of likely N-dealkylation sites (tertiary alicyclic amines) is 1. The van der Waals surface area contributed by atoms with E-state index < -0.39 is 12.0 Å². The average Bonchev–Trinajstić information content (AvgIpc) is 2.16. The first-order valence-corrected chi connectivity index (χ1v) is 5.60. The van der Waals surface area contributed by atoms with Crippen LogP contribution in [0.3, 0.4) is 0 Å². The van der Waals surface area contributed by atoms with Crippen molar-refractivity contribution in [2.75, 3.05) is 6.54 Å². The number of hydrogen-bond donors (Lipinski definition) is 1. The van der Waals surface area contributed by atoms with Gasteiger partial charge in [0.15, 0.2) is 0 Å². The molecular weight excluding hydrogens is 206 g/mol. The molecule has 1 aliphatic rings. The van der Waals surface area contributed by atoms with Crippen LogP contribution in [0.1, 0.15) is 33.6 Å². The van der Waals surface area contributed by atoms with E-state index in [1.54, 1.807) is 0 Å². The van der Waals surface area contributed by atoms with E-state index in [0.717, 1.165) is 12.0 Å². The van der Waals surface area contributed by atoms with E-state index >= 15 is 0 Å². The highest BCUT2D eigenvalue weighted by atomic mass is 16.4. The smallest absolute Gasteiger partial charge is 0.326 e. The molecule has 4 heteroatoms. The zero-order chi connectivity index (χ0) is 12.3. The van der Waals surface area contributed by atoms with Crippen LogP contribution in [-0.2, 0) is 9.59 Å². The minimum absolute atomic E-state index is 0.181. The Morgan fingerprint density at radius 3 is 2.50 bits per heavy atom. The first-order chi connectivity index (χ1) is 7.41. The van der Waals surface area contributed by atoms with Gasteiger partial charge in [-0.1, -0.05) is 12.5 Å². The second-order valence-electron chi connectivity index (χ2n) is 4.74. The molecule has 1 heterocycles. The molecular formula is C12H19NO3. The Hall–Kier alpha value is -1.32. The molecule has 16 heavy (non-hydrogen) atoms. The molecule has 0 radical (unpaired) electrons. The van der Waals surface area contributed by atoms with Crippen LogP contribution in [0.5, 0.6) is 0 Å². The number of hydrogen-bond acceptors (Lipinski definition) is 2. The molecule has 1 N–H and O–H groups in total. The second-order valence-corrected chi connectivity index (χ2v) is 4.74. The molecule has 0 saturated carbocycles. The third kappa shape index (κ3) is 3.08. The number of aliphatic carboxylic acids is 1. The van der Waals surface area contributed by atoms with Gasteiger partial charge in [-0.3, -0.25) is 4.79 Å². The Morgan fingerprint density at radius 1 is 1.38 bits per heavy atom. The number of nitrogens with zero attached hydrogens (tertiary/aromatic N) is 1. The van der Waals surface area contributed by atoms with Gasteiger partial charge < -0.3 is 10.0 Å². The van der Waals surface area contributed by atoms with Crippen molar-refractivity contribution in [3.8, 4) is 0 Å². The lowest BCUT2D eigenvalue weighted by molar-refractivity contribution is -0.151. The Bertz CT molecular complexity index is 318. The second kappa shape index (κ2) is 5.14. The fourth-order valence-electron chi connectivity index (χ4n) is 1.97. The van der Waals surface area contributed by atoms with E-state index in [0.29, 0.717) is 18.9 Å². The van der Waals surface area contributed by atoms with Crippen LogP contribution < -0.4 is 0 Å².